The van der Waals surface area contributed by atoms with Crippen molar-refractivity contribution >= 4 is 28.9 Å². The molecule has 0 saturated carbocycles. The van der Waals surface area contributed by atoms with Crippen molar-refractivity contribution in [2.24, 2.45) is 0 Å². The summed E-state index contributed by atoms with van der Waals surface area (Å²) >= 11 is 11.6. The van der Waals surface area contributed by atoms with E-state index in [1.165, 1.54) is 24.3 Å². The molecule has 18 heavy (non-hydrogen) atoms. The fourth-order valence-electron chi connectivity index (χ4n) is 1.52. The second-order valence-corrected chi connectivity index (χ2v) is 4.62. The number of rotatable bonds is 3. The normalized spacial score (nSPS) is 10.4. The molecule has 0 heterocycles. The quantitative estimate of drug-likeness (QED) is 0.873. The number of phenolic OH excluding ortho intramolecular Hbond substituents is 1. The van der Waals surface area contributed by atoms with Gasteiger partial charge >= 0.3 is 0 Å². The second kappa shape index (κ2) is 5.46. The predicted octanol–water partition coefficient (Wildman–Crippen LogP) is 4.45. The molecule has 5 heteroatoms. The largest absolute Gasteiger partial charge is 0.508 e. The summed E-state index contributed by atoms with van der Waals surface area (Å²) in [4.78, 5) is 0. The van der Waals surface area contributed by atoms with E-state index in [0.29, 0.717) is 15.6 Å². The lowest BCUT2D eigenvalue weighted by Crippen LogP contribution is -2.01. The summed E-state index contributed by atoms with van der Waals surface area (Å²) in [5, 5.41) is 13.4. The monoisotopic (exact) mass is 285 g/mol. The van der Waals surface area contributed by atoms with Crippen molar-refractivity contribution in [3.8, 4) is 5.75 Å². The number of hydrogen-bond acceptors (Lipinski definition) is 2. The number of phenols is 1. The number of aromatic hydroxyl groups is 1. The molecule has 2 rings (SSSR count). The number of halogens is 3. The highest BCUT2D eigenvalue weighted by Crippen LogP contribution is 2.24. The van der Waals surface area contributed by atoms with Crippen LogP contribution in [0.25, 0.3) is 0 Å². The molecule has 0 aliphatic heterocycles. The van der Waals surface area contributed by atoms with Crippen LogP contribution in [0.4, 0.5) is 10.1 Å². The number of anilines is 1. The fraction of sp³-hybridized carbons (Fsp3) is 0.0769. The highest BCUT2D eigenvalue weighted by molar-refractivity contribution is 6.31. The Morgan fingerprint density at radius 1 is 1.06 bits per heavy atom. The van der Waals surface area contributed by atoms with Crippen molar-refractivity contribution in [1.29, 1.82) is 0 Å². The van der Waals surface area contributed by atoms with E-state index in [9.17, 15) is 9.50 Å². The van der Waals surface area contributed by atoms with Gasteiger partial charge in [0.15, 0.2) is 0 Å². The maximum absolute atomic E-state index is 13.4. The lowest BCUT2D eigenvalue weighted by atomic mass is 10.2. The van der Waals surface area contributed by atoms with Crippen LogP contribution in [0.3, 0.4) is 0 Å². The molecule has 0 aliphatic carbocycles. The third kappa shape index (κ3) is 3.06. The van der Waals surface area contributed by atoms with Gasteiger partial charge in [-0.05, 0) is 36.4 Å². The van der Waals surface area contributed by atoms with Crippen LogP contribution in [0.15, 0.2) is 36.4 Å². The maximum atomic E-state index is 13.4. The average Bonchev–Trinajstić information content (AvgIpc) is 2.34. The van der Waals surface area contributed by atoms with Crippen molar-refractivity contribution in [2.75, 3.05) is 5.32 Å². The molecule has 2 nitrogen and oxygen atoms in total. The summed E-state index contributed by atoms with van der Waals surface area (Å²) in [5.74, 6) is -0.296. The number of benzene rings is 2. The topological polar surface area (TPSA) is 32.3 Å². The van der Waals surface area contributed by atoms with Crippen molar-refractivity contribution in [3.05, 3.63) is 57.8 Å². The molecule has 0 aliphatic rings. The lowest BCUT2D eigenvalue weighted by molar-refractivity contribution is 0.469. The van der Waals surface area contributed by atoms with E-state index in [2.05, 4.69) is 5.32 Å². The van der Waals surface area contributed by atoms with Gasteiger partial charge in [-0.3, -0.25) is 0 Å². The van der Waals surface area contributed by atoms with Crippen molar-refractivity contribution in [2.45, 2.75) is 6.54 Å². The Kier molecular flexibility index (Phi) is 3.94. The molecule has 0 bridgehead atoms. The molecule has 94 valence electrons. The van der Waals surface area contributed by atoms with Gasteiger partial charge in [0, 0.05) is 22.2 Å². The Morgan fingerprint density at radius 3 is 2.50 bits per heavy atom. The van der Waals surface area contributed by atoms with Crippen molar-refractivity contribution in [3.63, 3.8) is 0 Å². The first-order valence-corrected chi connectivity index (χ1v) is 5.98. The first-order valence-electron chi connectivity index (χ1n) is 5.22. The first kappa shape index (κ1) is 13.0. The van der Waals surface area contributed by atoms with Crippen LogP contribution in [0, 0.1) is 5.82 Å². The molecule has 0 unspecified atom stereocenters. The summed E-state index contributed by atoms with van der Waals surface area (Å²) in [6, 6.07) is 8.93. The predicted molar refractivity (Wildman–Crippen MR) is 71.9 cm³/mol. The van der Waals surface area contributed by atoms with Gasteiger partial charge in [-0.1, -0.05) is 23.2 Å². The summed E-state index contributed by atoms with van der Waals surface area (Å²) in [6.07, 6.45) is 0. The van der Waals surface area contributed by atoms with Crippen LogP contribution in [-0.4, -0.2) is 5.11 Å². The molecule has 0 aromatic heterocycles. The number of hydrogen-bond donors (Lipinski definition) is 2. The van der Waals surface area contributed by atoms with Gasteiger partial charge < -0.3 is 10.4 Å². The SMILES string of the molecule is Oc1ccc(Cl)cc1CNc1cc(Cl)ccc1F. The minimum Gasteiger partial charge on any atom is -0.508 e. The van der Waals surface area contributed by atoms with Crippen LogP contribution in [0.5, 0.6) is 5.75 Å². The molecule has 0 amide bonds. The van der Waals surface area contributed by atoms with Crippen molar-refractivity contribution < 1.29 is 9.50 Å². The van der Waals surface area contributed by atoms with Gasteiger partial charge in [-0.2, -0.15) is 0 Å². The van der Waals surface area contributed by atoms with E-state index in [4.69, 9.17) is 23.2 Å². The smallest absolute Gasteiger partial charge is 0.146 e. The molecule has 2 aromatic carbocycles. The molecule has 2 aromatic rings. The van der Waals surface area contributed by atoms with E-state index in [1.54, 1.807) is 12.1 Å². The fourth-order valence-corrected chi connectivity index (χ4v) is 1.89. The summed E-state index contributed by atoms with van der Waals surface area (Å²) < 4.78 is 13.4. The standard InChI is InChI=1S/C13H10Cl2FNO/c14-9-2-4-13(18)8(5-9)7-17-12-6-10(15)1-3-11(12)16/h1-6,17-18H,7H2. The number of nitrogens with one attached hydrogen (secondary N) is 1. The Morgan fingerprint density at radius 2 is 1.72 bits per heavy atom. The van der Waals surface area contributed by atoms with Gasteiger partial charge in [-0.15, -0.1) is 0 Å². The summed E-state index contributed by atoms with van der Waals surface area (Å²) in [6.45, 7) is 0.254. The molecule has 0 saturated heterocycles. The lowest BCUT2D eigenvalue weighted by Gasteiger charge is -2.09. The zero-order valence-electron chi connectivity index (χ0n) is 9.25. The van der Waals surface area contributed by atoms with Gasteiger partial charge in [0.05, 0.1) is 5.69 Å². The average molecular weight is 286 g/mol. The van der Waals surface area contributed by atoms with E-state index in [0.717, 1.165) is 0 Å². The Bertz CT molecular complexity index is 523. The molecule has 0 atom stereocenters. The van der Waals surface area contributed by atoms with E-state index in [-0.39, 0.29) is 18.0 Å². The van der Waals surface area contributed by atoms with E-state index >= 15 is 0 Å². The van der Waals surface area contributed by atoms with Gasteiger partial charge in [0.1, 0.15) is 11.6 Å². The van der Waals surface area contributed by atoms with Gasteiger partial charge in [-0.25, -0.2) is 4.39 Å². The Hall–Kier alpha value is -1.45. The van der Waals surface area contributed by atoms with Gasteiger partial charge in [0.2, 0.25) is 0 Å². The highest BCUT2D eigenvalue weighted by Gasteiger charge is 2.05. The zero-order valence-corrected chi connectivity index (χ0v) is 10.8. The Balaban J connectivity index is 2.16. The molecule has 0 spiro atoms. The second-order valence-electron chi connectivity index (χ2n) is 3.75. The van der Waals surface area contributed by atoms with Crippen LogP contribution >= 0.6 is 23.2 Å². The molecule has 2 N–H and O–H groups in total. The first-order chi connectivity index (χ1) is 8.56. The van der Waals surface area contributed by atoms with Crippen LogP contribution in [-0.2, 0) is 6.54 Å². The highest BCUT2D eigenvalue weighted by atomic mass is 35.5. The Labute approximate surface area is 114 Å². The molecule has 0 radical (unpaired) electrons. The molecular weight excluding hydrogens is 276 g/mol. The van der Waals surface area contributed by atoms with Crippen molar-refractivity contribution in [1.82, 2.24) is 0 Å². The minimum absolute atomic E-state index is 0.106. The third-order valence-corrected chi connectivity index (χ3v) is 2.91. The molecular formula is C13H10Cl2FNO. The summed E-state index contributed by atoms with van der Waals surface area (Å²) in [7, 11) is 0. The van der Waals surface area contributed by atoms with Crippen LogP contribution < -0.4 is 5.32 Å². The molecule has 0 fully saturated rings. The zero-order chi connectivity index (χ0) is 13.1. The van der Waals surface area contributed by atoms with E-state index in [1.807, 2.05) is 0 Å². The van der Waals surface area contributed by atoms with E-state index < -0.39 is 5.82 Å². The van der Waals surface area contributed by atoms with Gasteiger partial charge in [0.25, 0.3) is 0 Å². The third-order valence-electron chi connectivity index (χ3n) is 2.44. The summed E-state index contributed by atoms with van der Waals surface area (Å²) in [5.41, 5.74) is 0.865. The van der Waals surface area contributed by atoms with Crippen LogP contribution in [0.2, 0.25) is 10.0 Å². The minimum atomic E-state index is -0.402. The maximum Gasteiger partial charge on any atom is 0.146 e. The van der Waals surface area contributed by atoms with Crippen LogP contribution in [0.1, 0.15) is 5.56 Å².